The lowest BCUT2D eigenvalue weighted by molar-refractivity contribution is -0.139. The van der Waals surface area contributed by atoms with Gasteiger partial charge in [0.15, 0.2) is 0 Å². The predicted molar refractivity (Wildman–Crippen MR) is 46.4 cm³/mol. The highest BCUT2D eigenvalue weighted by Gasteiger charge is 2.23. The Morgan fingerprint density at radius 1 is 1.67 bits per heavy atom. The van der Waals surface area contributed by atoms with E-state index in [1.165, 1.54) is 6.42 Å². The minimum atomic E-state index is -0.112. The van der Waals surface area contributed by atoms with Gasteiger partial charge in [0.1, 0.15) is 6.73 Å². The molecule has 1 saturated heterocycles. The molecule has 12 heavy (non-hydrogen) atoms. The van der Waals surface area contributed by atoms with E-state index in [2.05, 4.69) is 6.92 Å². The Morgan fingerprint density at radius 2 is 2.42 bits per heavy atom. The molecule has 0 spiro atoms. The minimum Gasteiger partial charge on any atom is -0.376 e. The third-order valence-electron chi connectivity index (χ3n) is 2.47. The van der Waals surface area contributed by atoms with E-state index in [0.717, 1.165) is 19.4 Å². The molecule has 70 valence electrons. The largest absolute Gasteiger partial charge is 0.376 e. The maximum absolute atomic E-state index is 11.1. The second-order valence-electron chi connectivity index (χ2n) is 3.45. The lowest BCUT2D eigenvalue weighted by Gasteiger charge is -2.30. The molecule has 1 heterocycles. The summed E-state index contributed by atoms with van der Waals surface area (Å²) in [6.07, 6.45) is 3.95. The van der Waals surface area contributed by atoms with Gasteiger partial charge in [0, 0.05) is 13.0 Å². The van der Waals surface area contributed by atoms with E-state index in [1.807, 2.05) is 0 Å². The van der Waals surface area contributed by atoms with E-state index in [-0.39, 0.29) is 12.6 Å². The highest BCUT2D eigenvalue weighted by atomic mass is 16.3. The standard InChI is InChI=1S/C9H17NO2/c1-2-3-8-4-5-9(12)10(6-8)7-11/h8,11H,2-7H2,1H3. The molecule has 1 atom stereocenters. The van der Waals surface area contributed by atoms with E-state index >= 15 is 0 Å². The van der Waals surface area contributed by atoms with Crippen molar-refractivity contribution in [2.45, 2.75) is 32.6 Å². The van der Waals surface area contributed by atoms with Crippen LogP contribution in [0, 0.1) is 5.92 Å². The second kappa shape index (κ2) is 4.45. The Hall–Kier alpha value is -0.570. The fourth-order valence-electron chi connectivity index (χ4n) is 1.77. The number of carbonyl (C=O) groups excluding carboxylic acids is 1. The molecular weight excluding hydrogens is 154 g/mol. The molecule has 1 N–H and O–H groups in total. The number of hydrogen-bond donors (Lipinski definition) is 1. The highest BCUT2D eigenvalue weighted by molar-refractivity contribution is 5.76. The first-order valence-corrected chi connectivity index (χ1v) is 4.66. The van der Waals surface area contributed by atoms with Crippen LogP contribution >= 0.6 is 0 Å². The molecule has 1 unspecified atom stereocenters. The minimum absolute atomic E-state index is 0.102. The summed E-state index contributed by atoms with van der Waals surface area (Å²) < 4.78 is 0. The number of aliphatic hydroxyl groups excluding tert-OH is 1. The number of hydrogen-bond acceptors (Lipinski definition) is 2. The Kier molecular flexibility index (Phi) is 3.53. The fourth-order valence-corrected chi connectivity index (χ4v) is 1.77. The van der Waals surface area contributed by atoms with E-state index < -0.39 is 0 Å². The van der Waals surface area contributed by atoms with Gasteiger partial charge >= 0.3 is 0 Å². The molecule has 1 aliphatic heterocycles. The third-order valence-corrected chi connectivity index (χ3v) is 2.47. The van der Waals surface area contributed by atoms with Crippen LogP contribution in [0.5, 0.6) is 0 Å². The molecule has 3 heteroatoms. The van der Waals surface area contributed by atoms with Crippen molar-refractivity contribution >= 4 is 5.91 Å². The molecular formula is C9H17NO2. The van der Waals surface area contributed by atoms with Crippen LogP contribution in [0.25, 0.3) is 0 Å². The van der Waals surface area contributed by atoms with Crippen molar-refractivity contribution < 1.29 is 9.90 Å². The van der Waals surface area contributed by atoms with Crippen molar-refractivity contribution in [2.24, 2.45) is 5.92 Å². The molecule has 0 bridgehead atoms. The third kappa shape index (κ3) is 2.21. The summed E-state index contributed by atoms with van der Waals surface area (Å²) in [7, 11) is 0. The van der Waals surface area contributed by atoms with Gasteiger partial charge in [-0.1, -0.05) is 13.3 Å². The lowest BCUT2D eigenvalue weighted by Crippen LogP contribution is -2.40. The van der Waals surface area contributed by atoms with Gasteiger partial charge in [-0.15, -0.1) is 0 Å². The first kappa shape index (κ1) is 9.52. The molecule has 0 aromatic carbocycles. The van der Waals surface area contributed by atoms with Crippen LogP contribution in [0.3, 0.4) is 0 Å². The Bertz CT molecular complexity index is 159. The Morgan fingerprint density at radius 3 is 3.00 bits per heavy atom. The van der Waals surface area contributed by atoms with Gasteiger partial charge in [-0.2, -0.15) is 0 Å². The van der Waals surface area contributed by atoms with Gasteiger partial charge in [0.25, 0.3) is 0 Å². The van der Waals surface area contributed by atoms with Crippen molar-refractivity contribution in [1.82, 2.24) is 4.90 Å². The average Bonchev–Trinajstić information content (AvgIpc) is 2.09. The first-order chi connectivity index (χ1) is 5.77. The zero-order valence-electron chi connectivity index (χ0n) is 7.62. The van der Waals surface area contributed by atoms with Crippen LogP contribution in [-0.4, -0.2) is 29.2 Å². The van der Waals surface area contributed by atoms with Crippen molar-refractivity contribution in [1.29, 1.82) is 0 Å². The number of rotatable bonds is 3. The smallest absolute Gasteiger partial charge is 0.224 e. The number of nitrogens with zero attached hydrogens (tertiary/aromatic N) is 1. The highest BCUT2D eigenvalue weighted by Crippen LogP contribution is 2.20. The normalized spacial score (nSPS) is 24.7. The summed E-state index contributed by atoms with van der Waals surface area (Å²) in [5, 5.41) is 8.85. The maximum atomic E-state index is 11.1. The molecule has 0 radical (unpaired) electrons. The van der Waals surface area contributed by atoms with Gasteiger partial charge in [0.2, 0.25) is 5.91 Å². The average molecular weight is 171 g/mol. The molecule has 1 amide bonds. The number of likely N-dealkylation sites (tertiary alicyclic amines) is 1. The molecule has 1 fully saturated rings. The summed E-state index contributed by atoms with van der Waals surface area (Å²) >= 11 is 0. The molecule has 3 nitrogen and oxygen atoms in total. The zero-order chi connectivity index (χ0) is 8.97. The van der Waals surface area contributed by atoms with Gasteiger partial charge < -0.3 is 10.0 Å². The van der Waals surface area contributed by atoms with Gasteiger partial charge in [-0.05, 0) is 18.8 Å². The monoisotopic (exact) mass is 171 g/mol. The summed E-state index contributed by atoms with van der Waals surface area (Å²) in [6, 6.07) is 0. The summed E-state index contributed by atoms with van der Waals surface area (Å²) in [6.45, 7) is 2.79. The maximum Gasteiger partial charge on any atom is 0.224 e. The van der Waals surface area contributed by atoms with Crippen molar-refractivity contribution in [2.75, 3.05) is 13.3 Å². The lowest BCUT2D eigenvalue weighted by atomic mass is 9.94. The van der Waals surface area contributed by atoms with Crippen molar-refractivity contribution in [3.05, 3.63) is 0 Å². The second-order valence-corrected chi connectivity index (χ2v) is 3.45. The summed E-state index contributed by atoms with van der Waals surface area (Å²) in [4.78, 5) is 12.7. The van der Waals surface area contributed by atoms with E-state index in [0.29, 0.717) is 12.3 Å². The van der Waals surface area contributed by atoms with Crippen LogP contribution in [0.4, 0.5) is 0 Å². The number of carbonyl (C=O) groups is 1. The van der Waals surface area contributed by atoms with E-state index in [9.17, 15) is 4.79 Å². The molecule has 0 aromatic heterocycles. The summed E-state index contributed by atoms with van der Waals surface area (Å²) in [5.41, 5.74) is 0. The predicted octanol–water partition coefficient (Wildman–Crippen LogP) is 0.975. The van der Waals surface area contributed by atoms with Crippen LogP contribution in [0.15, 0.2) is 0 Å². The molecule has 0 aromatic rings. The quantitative estimate of drug-likeness (QED) is 0.687. The number of aliphatic hydroxyl groups is 1. The molecule has 0 aliphatic carbocycles. The van der Waals surface area contributed by atoms with Crippen LogP contribution in [-0.2, 0) is 4.79 Å². The van der Waals surface area contributed by atoms with E-state index in [4.69, 9.17) is 5.11 Å². The Labute approximate surface area is 73.4 Å². The molecule has 0 saturated carbocycles. The van der Waals surface area contributed by atoms with Crippen LogP contribution < -0.4 is 0 Å². The fraction of sp³-hybridized carbons (Fsp3) is 0.889. The van der Waals surface area contributed by atoms with Crippen LogP contribution in [0.1, 0.15) is 32.6 Å². The van der Waals surface area contributed by atoms with Gasteiger partial charge in [-0.3, -0.25) is 4.79 Å². The van der Waals surface area contributed by atoms with Gasteiger partial charge in [0.05, 0.1) is 0 Å². The summed E-state index contributed by atoms with van der Waals surface area (Å²) in [5.74, 6) is 0.713. The number of piperidine rings is 1. The topological polar surface area (TPSA) is 40.5 Å². The number of amides is 1. The van der Waals surface area contributed by atoms with Crippen LogP contribution in [0.2, 0.25) is 0 Å². The molecule has 1 aliphatic rings. The Balaban J connectivity index is 2.38. The molecule has 1 rings (SSSR count). The van der Waals surface area contributed by atoms with Gasteiger partial charge in [-0.25, -0.2) is 0 Å². The van der Waals surface area contributed by atoms with Crippen molar-refractivity contribution in [3.8, 4) is 0 Å². The zero-order valence-corrected chi connectivity index (χ0v) is 7.62. The van der Waals surface area contributed by atoms with Crippen molar-refractivity contribution in [3.63, 3.8) is 0 Å². The van der Waals surface area contributed by atoms with E-state index in [1.54, 1.807) is 4.90 Å². The first-order valence-electron chi connectivity index (χ1n) is 4.66. The SMILES string of the molecule is CCCC1CCC(=O)N(CO)C1.